The van der Waals surface area contributed by atoms with Crippen molar-refractivity contribution in [3.05, 3.63) is 0 Å². The number of fused-ring (bicyclic) bond motifs is 3. The van der Waals surface area contributed by atoms with Crippen LogP contribution in [0.4, 0.5) is 0 Å². The third kappa shape index (κ3) is 4.96. The van der Waals surface area contributed by atoms with E-state index in [1.807, 2.05) is 20.8 Å². The molecule has 0 aromatic heterocycles. The van der Waals surface area contributed by atoms with E-state index in [4.69, 9.17) is 52.4 Å². The Morgan fingerprint density at radius 1 is 0.864 bits per heavy atom. The number of hydrogen-bond acceptors (Lipinski definition) is 14. The van der Waals surface area contributed by atoms with Gasteiger partial charge in [0.05, 0.1) is 7.11 Å². The van der Waals surface area contributed by atoms with Crippen LogP contribution >= 0.6 is 0 Å². The van der Waals surface area contributed by atoms with Crippen molar-refractivity contribution in [3.8, 4) is 0 Å². The lowest BCUT2D eigenvalue weighted by Crippen LogP contribution is -2.72. The first-order chi connectivity index (χ1) is 20.8. The van der Waals surface area contributed by atoms with Gasteiger partial charge >= 0.3 is 17.9 Å². The van der Waals surface area contributed by atoms with Crippen LogP contribution in [0.5, 0.6) is 0 Å². The quantitative estimate of drug-likeness (QED) is 0.240. The first-order valence-electron chi connectivity index (χ1n) is 15.5. The highest BCUT2D eigenvalue weighted by atomic mass is 17.3. The normalized spacial score (nSPS) is 51.0. The summed E-state index contributed by atoms with van der Waals surface area (Å²) in [7, 11) is 1.19. The molecule has 6 heterocycles. The Bertz CT molecular complexity index is 1150. The molecule has 15 atom stereocenters. The zero-order valence-electron chi connectivity index (χ0n) is 26.5. The summed E-state index contributed by atoms with van der Waals surface area (Å²) in [6, 6.07) is 0. The minimum Gasteiger partial charge on any atom is -0.467 e. The van der Waals surface area contributed by atoms with Gasteiger partial charge in [0.2, 0.25) is 5.79 Å². The van der Waals surface area contributed by atoms with Crippen LogP contribution in [0.3, 0.4) is 0 Å². The maximum atomic E-state index is 12.8. The lowest BCUT2D eigenvalue weighted by molar-refractivity contribution is -0.579. The molecule has 6 aliphatic heterocycles. The first kappa shape index (κ1) is 32.0. The van der Waals surface area contributed by atoms with Crippen molar-refractivity contribution in [3.63, 3.8) is 0 Å². The summed E-state index contributed by atoms with van der Waals surface area (Å²) >= 11 is 0. The maximum absolute atomic E-state index is 12.8. The Morgan fingerprint density at radius 2 is 1.57 bits per heavy atom. The average Bonchev–Trinajstić information content (AvgIpc) is 3.14. The van der Waals surface area contributed by atoms with Gasteiger partial charge in [-0.05, 0) is 45.4 Å². The van der Waals surface area contributed by atoms with Gasteiger partial charge in [0.1, 0.15) is 0 Å². The van der Waals surface area contributed by atoms with E-state index in [0.717, 1.165) is 6.42 Å². The molecule has 1 spiro atoms. The Morgan fingerprint density at radius 3 is 2.23 bits per heavy atom. The van der Waals surface area contributed by atoms with Crippen LogP contribution in [0.2, 0.25) is 0 Å². The lowest BCUT2D eigenvalue weighted by Gasteiger charge is -2.62. The predicted molar refractivity (Wildman–Crippen MR) is 143 cm³/mol. The van der Waals surface area contributed by atoms with Crippen LogP contribution in [0.15, 0.2) is 0 Å². The van der Waals surface area contributed by atoms with E-state index in [0.29, 0.717) is 19.4 Å². The number of ether oxygens (including phenoxy) is 9. The molecule has 1 saturated carbocycles. The van der Waals surface area contributed by atoms with Crippen LogP contribution < -0.4 is 0 Å². The molecule has 0 aromatic carbocycles. The van der Waals surface area contributed by atoms with Gasteiger partial charge in [0, 0.05) is 44.6 Å². The fourth-order valence-electron chi connectivity index (χ4n) is 8.58. The summed E-state index contributed by atoms with van der Waals surface area (Å²) in [5.74, 6) is -4.97. The van der Waals surface area contributed by atoms with Gasteiger partial charge in [-0.2, -0.15) is 0 Å². The Balaban J connectivity index is 1.35. The molecule has 2 unspecified atom stereocenters. The van der Waals surface area contributed by atoms with Gasteiger partial charge in [-0.15, -0.1) is 0 Å². The van der Waals surface area contributed by atoms with E-state index in [-0.39, 0.29) is 29.6 Å². The van der Waals surface area contributed by atoms with Crippen LogP contribution in [0, 0.1) is 29.6 Å². The Hall–Kier alpha value is -1.91. The molecular weight excluding hydrogens is 584 g/mol. The summed E-state index contributed by atoms with van der Waals surface area (Å²) < 4.78 is 54.2. The van der Waals surface area contributed by atoms with Gasteiger partial charge in [-0.25, -0.2) is 14.6 Å². The summed E-state index contributed by atoms with van der Waals surface area (Å²) in [5, 5.41) is 0. The highest BCUT2D eigenvalue weighted by Crippen LogP contribution is 2.64. The SMILES string of the molecule is CCO[C@H]1O[C@@H]2O[C@@]3(C)CC[C@H]4[C@H](C)[C@@H]([C@@]5(C)OC6O[C@@H](C(=O)OC)[C@H](OC(C)=O)[C@@H](OC(C)=O)C6O5)C[C@@H]([C@H]1C)[C@@]24OO3. The van der Waals surface area contributed by atoms with E-state index in [2.05, 4.69) is 13.8 Å². The molecule has 1 aliphatic carbocycles. The molecule has 7 fully saturated rings. The minimum absolute atomic E-state index is 0.0566. The average molecular weight is 629 g/mol. The second kappa shape index (κ2) is 11.4. The van der Waals surface area contributed by atoms with Crippen molar-refractivity contribution < 1.29 is 66.8 Å². The highest BCUT2D eigenvalue weighted by Gasteiger charge is 2.73. The monoisotopic (exact) mass is 628 g/mol. The van der Waals surface area contributed by atoms with Gasteiger partial charge < -0.3 is 42.6 Å². The van der Waals surface area contributed by atoms with E-state index in [1.165, 1.54) is 21.0 Å². The summed E-state index contributed by atoms with van der Waals surface area (Å²) in [6.07, 6.45) is -5.36. The molecule has 0 radical (unpaired) electrons. The number of esters is 3. The third-order valence-corrected chi connectivity index (χ3v) is 10.5. The first-order valence-corrected chi connectivity index (χ1v) is 15.5. The Kier molecular flexibility index (Phi) is 8.31. The van der Waals surface area contributed by atoms with Crippen molar-refractivity contribution in [1.82, 2.24) is 0 Å². The van der Waals surface area contributed by atoms with Gasteiger partial charge in [0.25, 0.3) is 0 Å². The number of methoxy groups -OCH3 is 1. The van der Waals surface area contributed by atoms with Crippen molar-refractivity contribution in [2.75, 3.05) is 13.7 Å². The van der Waals surface area contributed by atoms with Crippen LogP contribution in [0.1, 0.15) is 67.7 Å². The molecule has 248 valence electrons. The van der Waals surface area contributed by atoms with Crippen molar-refractivity contribution in [2.45, 2.75) is 128 Å². The molecular formula is C30H44O14. The van der Waals surface area contributed by atoms with Crippen molar-refractivity contribution in [1.29, 1.82) is 0 Å². The Labute approximate surface area is 256 Å². The number of rotatable bonds is 6. The second-order valence-corrected chi connectivity index (χ2v) is 13.2. The predicted octanol–water partition coefficient (Wildman–Crippen LogP) is 2.35. The smallest absolute Gasteiger partial charge is 0.339 e. The van der Waals surface area contributed by atoms with Crippen LogP contribution in [-0.2, 0) is 66.8 Å². The molecule has 2 bridgehead atoms. The summed E-state index contributed by atoms with van der Waals surface area (Å²) in [5.41, 5.74) is -0.881. The highest BCUT2D eigenvalue weighted by molar-refractivity contribution is 5.77. The van der Waals surface area contributed by atoms with Crippen LogP contribution in [-0.4, -0.2) is 92.1 Å². The van der Waals surface area contributed by atoms with Crippen LogP contribution in [0.25, 0.3) is 0 Å². The van der Waals surface area contributed by atoms with E-state index < -0.39 is 78.4 Å². The fraction of sp³-hybridized carbons (Fsp3) is 0.900. The van der Waals surface area contributed by atoms with Gasteiger partial charge in [-0.1, -0.05) is 13.8 Å². The van der Waals surface area contributed by atoms with Crippen molar-refractivity contribution in [2.24, 2.45) is 29.6 Å². The van der Waals surface area contributed by atoms with E-state index in [1.54, 1.807) is 0 Å². The molecule has 7 aliphatic rings. The number of carbonyl (C=O) groups excluding carboxylic acids is 3. The van der Waals surface area contributed by atoms with E-state index >= 15 is 0 Å². The zero-order valence-corrected chi connectivity index (χ0v) is 26.5. The number of carbonyl (C=O) groups is 3. The van der Waals surface area contributed by atoms with Gasteiger partial charge in [0.15, 0.2) is 54.7 Å². The van der Waals surface area contributed by atoms with Crippen molar-refractivity contribution >= 4 is 17.9 Å². The molecule has 0 N–H and O–H groups in total. The maximum Gasteiger partial charge on any atom is 0.339 e. The molecule has 0 amide bonds. The third-order valence-electron chi connectivity index (χ3n) is 10.5. The topological polar surface area (TPSA) is 153 Å². The standard InChI is InChI=1S/C30H44O14/c1-9-35-25-14(3)19-12-18(13(2)17-10-11-28(6)42-27(39-25)30(17,19)44-43-28)29(7)40-23-21(37-16(5)32)20(36-15(4)31)22(24(33)34-8)38-26(23)41-29/h13-14,17-23,25-27H,9-12H2,1-8H3/t13-,14+,17-,18-,19-,20+,21+,22+,23?,25-,26?,27+,28+,29+,30+/m0/s1. The molecule has 14 nitrogen and oxygen atoms in total. The molecule has 0 aromatic rings. The molecule has 7 rings (SSSR count). The van der Waals surface area contributed by atoms with E-state index in [9.17, 15) is 14.4 Å². The molecule has 44 heavy (non-hydrogen) atoms. The van der Waals surface area contributed by atoms with Gasteiger partial charge in [-0.3, -0.25) is 9.59 Å². The minimum atomic E-state index is -1.41. The summed E-state index contributed by atoms with van der Waals surface area (Å²) in [4.78, 5) is 49.4. The molecule has 14 heteroatoms. The lowest BCUT2D eigenvalue weighted by atomic mass is 9.53. The zero-order chi connectivity index (χ0) is 31.8. The summed E-state index contributed by atoms with van der Waals surface area (Å²) in [6.45, 7) is 12.7. The largest absolute Gasteiger partial charge is 0.467 e. The number of hydrogen-bond donors (Lipinski definition) is 0. The molecule has 6 saturated heterocycles. The second-order valence-electron chi connectivity index (χ2n) is 13.2. The fourth-order valence-corrected chi connectivity index (χ4v) is 8.58.